The number of methoxy groups -OCH3 is 1. The Labute approximate surface area is 160 Å². The maximum atomic E-state index is 15.4. The van der Waals surface area contributed by atoms with Crippen LogP contribution in [0.5, 0.6) is 5.88 Å². The largest absolute Gasteiger partial charge is 0.480 e. The third-order valence-electron chi connectivity index (χ3n) is 4.73. The predicted molar refractivity (Wildman–Crippen MR) is 99.7 cm³/mol. The van der Waals surface area contributed by atoms with Crippen molar-refractivity contribution in [3.05, 3.63) is 29.8 Å². The lowest BCUT2D eigenvalue weighted by Crippen LogP contribution is -2.46. The number of benzene rings is 1. The number of aromatic nitrogens is 3. The minimum Gasteiger partial charge on any atom is -0.480 e. The van der Waals surface area contributed by atoms with E-state index in [9.17, 15) is 5.11 Å². The van der Waals surface area contributed by atoms with Crippen molar-refractivity contribution in [3.63, 3.8) is 0 Å². The van der Waals surface area contributed by atoms with E-state index in [-0.39, 0.29) is 24.4 Å². The van der Waals surface area contributed by atoms with Crippen molar-refractivity contribution in [3.8, 4) is 17.3 Å². The summed E-state index contributed by atoms with van der Waals surface area (Å²) in [5, 5.41) is 14.3. The summed E-state index contributed by atoms with van der Waals surface area (Å²) in [6.07, 6.45) is 2.85. The molecule has 0 aliphatic carbocycles. The summed E-state index contributed by atoms with van der Waals surface area (Å²) in [6, 6.07) is 1.69. The molecule has 9 heteroatoms. The van der Waals surface area contributed by atoms with Crippen molar-refractivity contribution in [2.45, 2.75) is 32.7 Å². The second kappa shape index (κ2) is 7.33. The smallest absolute Gasteiger partial charge is 0.232 e. The fourth-order valence-electron chi connectivity index (χ4n) is 3.65. The molecule has 2 atom stereocenters. The van der Waals surface area contributed by atoms with Gasteiger partial charge in [-0.15, -0.1) is 0 Å². The van der Waals surface area contributed by atoms with Gasteiger partial charge in [0.05, 0.1) is 49.4 Å². The van der Waals surface area contributed by atoms with Crippen molar-refractivity contribution in [1.29, 1.82) is 0 Å². The van der Waals surface area contributed by atoms with E-state index < -0.39 is 5.82 Å². The minimum atomic E-state index is -0.558. The van der Waals surface area contributed by atoms with Crippen molar-refractivity contribution < 1.29 is 23.5 Å². The third-order valence-corrected chi connectivity index (χ3v) is 4.73. The lowest BCUT2D eigenvalue weighted by atomic mass is 10.0. The Morgan fingerprint density at radius 1 is 1.29 bits per heavy atom. The van der Waals surface area contributed by atoms with Gasteiger partial charge >= 0.3 is 0 Å². The van der Waals surface area contributed by atoms with Crippen LogP contribution < -0.4 is 9.64 Å². The Balaban J connectivity index is 1.85. The first-order chi connectivity index (χ1) is 13.5. The van der Waals surface area contributed by atoms with E-state index in [4.69, 9.17) is 14.0 Å². The molecule has 3 heterocycles. The van der Waals surface area contributed by atoms with Crippen molar-refractivity contribution in [1.82, 2.24) is 15.1 Å². The highest BCUT2D eigenvalue weighted by molar-refractivity contribution is 5.94. The molecular formula is C19H21FN4O4. The first kappa shape index (κ1) is 18.6. The number of rotatable bonds is 4. The van der Waals surface area contributed by atoms with E-state index in [1.165, 1.54) is 19.5 Å². The molecular weight excluding hydrogens is 367 g/mol. The second-order valence-electron chi connectivity index (χ2n) is 6.87. The third kappa shape index (κ3) is 3.16. The number of fused-ring (bicyclic) bond motifs is 1. The first-order valence-corrected chi connectivity index (χ1v) is 9.00. The molecule has 4 rings (SSSR count). The predicted octanol–water partition coefficient (Wildman–Crippen LogP) is 2.54. The summed E-state index contributed by atoms with van der Waals surface area (Å²) < 4.78 is 31.6. The van der Waals surface area contributed by atoms with Crippen LogP contribution in [0.2, 0.25) is 0 Å². The molecule has 1 aliphatic rings. The summed E-state index contributed by atoms with van der Waals surface area (Å²) in [5.41, 5.74) is 1.51. The minimum absolute atomic E-state index is 0.0126. The molecule has 1 saturated heterocycles. The van der Waals surface area contributed by atoms with Gasteiger partial charge in [0.25, 0.3) is 0 Å². The zero-order valence-electron chi connectivity index (χ0n) is 15.8. The number of nitrogens with zero attached hydrogens (tertiary/aromatic N) is 4. The van der Waals surface area contributed by atoms with Crippen LogP contribution in [0.25, 0.3) is 22.4 Å². The number of aliphatic hydroxyl groups excluding tert-OH is 1. The molecule has 0 radical (unpaired) electrons. The fourth-order valence-corrected chi connectivity index (χ4v) is 3.65. The second-order valence-corrected chi connectivity index (χ2v) is 6.87. The van der Waals surface area contributed by atoms with Crippen molar-refractivity contribution in [2.24, 2.45) is 0 Å². The van der Waals surface area contributed by atoms with Gasteiger partial charge in [0.15, 0.2) is 5.82 Å². The van der Waals surface area contributed by atoms with Crippen LogP contribution in [0.1, 0.15) is 19.4 Å². The lowest BCUT2D eigenvalue weighted by Gasteiger charge is -2.37. The molecule has 2 aromatic heterocycles. The quantitative estimate of drug-likeness (QED) is 0.729. The topological polar surface area (TPSA) is 93.7 Å². The van der Waals surface area contributed by atoms with Gasteiger partial charge in [-0.1, -0.05) is 5.16 Å². The number of morpholine rings is 1. The maximum Gasteiger partial charge on any atom is 0.232 e. The Morgan fingerprint density at radius 3 is 2.71 bits per heavy atom. The number of halogens is 1. The van der Waals surface area contributed by atoms with Crippen LogP contribution in [0, 0.1) is 5.82 Å². The molecule has 0 saturated carbocycles. The zero-order chi connectivity index (χ0) is 19.8. The van der Waals surface area contributed by atoms with E-state index >= 15 is 4.39 Å². The Bertz CT molecular complexity index is 999. The van der Waals surface area contributed by atoms with Gasteiger partial charge in [0.2, 0.25) is 11.5 Å². The van der Waals surface area contributed by atoms with Crippen molar-refractivity contribution >= 4 is 16.7 Å². The summed E-state index contributed by atoms with van der Waals surface area (Å²) in [5.74, 6) is -0.248. The number of anilines is 1. The first-order valence-electron chi connectivity index (χ1n) is 9.00. The van der Waals surface area contributed by atoms with E-state index in [0.717, 1.165) is 0 Å². The van der Waals surface area contributed by atoms with E-state index in [1.54, 1.807) is 6.07 Å². The highest BCUT2D eigenvalue weighted by atomic mass is 19.1. The summed E-state index contributed by atoms with van der Waals surface area (Å²) >= 11 is 0. The van der Waals surface area contributed by atoms with Gasteiger partial charge in [0.1, 0.15) is 11.4 Å². The highest BCUT2D eigenvalue weighted by Gasteiger charge is 2.29. The molecule has 1 aromatic carbocycles. The molecule has 0 unspecified atom stereocenters. The fraction of sp³-hybridized carbons (Fsp3) is 0.421. The van der Waals surface area contributed by atoms with Crippen LogP contribution in [0.4, 0.5) is 10.1 Å². The van der Waals surface area contributed by atoms with Gasteiger partial charge in [-0.2, -0.15) is 0 Å². The number of aliphatic hydroxyl groups is 1. The van der Waals surface area contributed by atoms with E-state index in [0.29, 0.717) is 47.0 Å². The van der Waals surface area contributed by atoms with Gasteiger partial charge < -0.3 is 24.0 Å². The molecule has 0 bridgehead atoms. The molecule has 1 N–H and O–H groups in total. The van der Waals surface area contributed by atoms with Crippen LogP contribution >= 0.6 is 0 Å². The zero-order valence-corrected chi connectivity index (χ0v) is 15.8. The SMILES string of the molecule is COc1cncc(-c2noc3c(F)c(N4C[C@@H](C)O[C@H](C)C4)c(CO)cc23)n1. The average molecular weight is 388 g/mol. The van der Waals surface area contributed by atoms with E-state index in [2.05, 4.69) is 15.1 Å². The molecule has 0 amide bonds. The van der Waals surface area contributed by atoms with Gasteiger partial charge in [-0.3, -0.25) is 4.98 Å². The molecule has 148 valence electrons. The Hall–Kier alpha value is -2.78. The summed E-state index contributed by atoms with van der Waals surface area (Å²) in [7, 11) is 1.48. The monoisotopic (exact) mass is 388 g/mol. The van der Waals surface area contributed by atoms with Crippen molar-refractivity contribution in [2.75, 3.05) is 25.1 Å². The molecule has 1 fully saturated rings. The van der Waals surface area contributed by atoms with Crippen LogP contribution in [-0.2, 0) is 11.3 Å². The molecule has 0 spiro atoms. The standard InChI is InChI=1S/C19H21FN4O4/c1-10-7-24(8-11(2)27-10)18-12(9-25)4-13-17(23-28-19(13)16(18)20)14-5-21-6-15(22-14)26-3/h4-6,10-11,25H,7-9H2,1-3H3/t10-,11-/m1/s1. The molecule has 28 heavy (non-hydrogen) atoms. The normalized spacial score (nSPS) is 20.0. The number of hydrogen-bond donors (Lipinski definition) is 1. The summed E-state index contributed by atoms with van der Waals surface area (Å²) in [6.45, 7) is 4.58. The summed E-state index contributed by atoms with van der Waals surface area (Å²) in [4.78, 5) is 10.2. The number of ether oxygens (including phenoxy) is 2. The number of hydrogen-bond acceptors (Lipinski definition) is 8. The maximum absolute atomic E-state index is 15.4. The van der Waals surface area contributed by atoms with Gasteiger partial charge in [-0.25, -0.2) is 9.37 Å². The average Bonchev–Trinajstić information content (AvgIpc) is 3.11. The van der Waals surface area contributed by atoms with Crippen LogP contribution in [0.15, 0.2) is 23.0 Å². The van der Waals surface area contributed by atoms with Gasteiger partial charge in [0, 0.05) is 18.7 Å². The van der Waals surface area contributed by atoms with E-state index in [1.807, 2.05) is 18.7 Å². The van der Waals surface area contributed by atoms with Crippen LogP contribution in [0.3, 0.4) is 0 Å². The lowest BCUT2D eigenvalue weighted by molar-refractivity contribution is -0.00549. The Morgan fingerprint density at radius 2 is 2.04 bits per heavy atom. The molecule has 3 aromatic rings. The van der Waals surface area contributed by atoms with Gasteiger partial charge in [-0.05, 0) is 19.9 Å². The Kier molecular flexibility index (Phi) is 4.86. The molecule has 1 aliphatic heterocycles. The molecule has 8 nitrogen and oxygen atoms in total. The van der Waals surface area contributed by atoms with Crippen LogP contribution in [-0.4, -0.2) is 52.6 Å². The highest BCUT2D eigenvalue weighted by Crippen LogP contribution is 2.37.